The number of hydrogen-bond donors (Lipinski definition) is 1. The minimum absolute atomic E-state index is 0.512. The SMILES string of the molecule is CCC(CCCl)NCc1cc(C)nn1C. The lowest BCUT2D eigenvalue weighted by Crippen LogP contribution is -2.29. The zero-order valence-electron chi connectivity index (χ0n) is 9.76. The van der Waals surface area contributed by atoms with E-state index in [1.165, 1.54) is 5.69 Å². The van der Waals surface area contributed by atoms with Crippen LogP contribution in [0.2, 0.25) is 0 Å². The number of rotatable bonds is 6. The van der Waals surface area contributed by atoms with Gasteiger partial charge in [0.25, 0.3) is 0 Å². The Morgan fingerprint density at radius 1 is 1.60 bits per heavy atom. The number of aromatic nitrogens is 2. The summed E-state index contributed by atoms with van der Waals surface area (Å²) in [6.07, 6.45) is 2.14. The highest BCUT2D eigenvalue weighted by molar-refractivity contribution is 6.17. The third-order valence-electron chi connectivity index (χ3n) is 2.62. The number of nitrogens with zero attached hydrogens (tertiary/aromatic N) is 2. The van der Waals surface area contributed by atoms with Gasteiger partial charge in [0.05, 0.1) is 11.4 Å². The van der Waals surface area contributed by atoms with Crippen molar-refractivity contribution in [3.05, 3.63) is 17.5 Å². The zero-order valence-corrected chi connectivity index (χ0v) is 10.5. The second-order valence-corrected chi connectivity index (χ2v) is 4.24. The molecule has 0 aromatic carbocycles. The van der Waals surface area contributed by atoms with Crippen LogP contribution in [-0.4, -0.2) is 21.7 Å². The van der Waals surface area contributed by atoms with Gasteiger partial charge in [-0.25, -0.2) is 0 Å². The first-order valence-corrected chi connectivity index (χ1v) is 5.99. The van der Waals surface area contributed by atoms with E-state index in [1.54, 1.807) is 0 Å². The summed E-state index contributed by atoms with van der Waals surface area (Å²) in [6.45, 7) is 5.06. The second-order valence-electron chi connectivity index (χ2n) is 3.86. The molecule has 1 unspecified atom stereocenters. The highest BCUT2D eigenvalue weighted by atomic mass is 35.5. The highest BCUT2D eigenvalue weighted by Gasteiger charge is 2.06. The fraction of sp³-hybridized carbons (Fsp3) is 0.727. The van der Waals surface area contributed by atoms with E-state index in [9.17, 15) is 0 Å². The van der Waals surface area contributed by atoms with Crippen LogP contribution in [0.3, 0.4) is 0 Å². The van der Waals surface area contributed by atoms with Crippen LogP contribution in [0.5, 0.6) is 0 Å². The van der Waals surface area contributed by atoms with Gasteiger partial charge in [0, 0.05) is 25.5 Å². The summed E-state index contributed by atoms with van der Waals surface area (Å²) in [5, 5.41) is 7.81. The number of nitrogens with one attached hydrogen (secondary N) is 1. The van der Waals surface area contributed by atoms with Crippen molar-refractivity contribution in [2.24, 2.45) is 7.05 Å². The van der Waals surface area contributed by atoms with E-state index in [-0.39, 0.29) is 0 Å². The second kappa shape index (κ2) is 6.13. The van der Waals surface area contributed by atoms with Crippen LogP contribution in [0.25, 0.3) is 0 Å². The first-order chi connectivity index (χ1) is 7.17. The van der Waals surface area contributed by atoms with Crippen LogP contribution in [0.15, 0.2) is 6.07 Å². The molecule has 15 heavy (non-hydrogen) atoms. The molecule has 3 nitrogen and oxygen atoms in total. The zero-order chi connectivity index (χ0) is 11.3. The molecule has 0 aliphatic carbocycles. The molecule has 1 N–H and O–H groups in total. The summed E-state index contributed by atoms with van der Waals surface area (Å²) in [5.74, 6) is 0.718. The lowest BCUT2D eigenvalue weighted by molar-refractivity contribution is 0.474. The minimum atomic E-state index is 0.512. The normalized spacial score (nSPS) is 13.1. The molecule has 0 saturated heterocycles. The minimum Gasteiger partial charge on any atom is -0.308 e. The van der Waals surface area contributed by atoms with Gasteiger partial charge in [-0.15, -0.1) is 11.6 Å². The maximum Gasteiger partial charge on any atom is 0.0597 e. The van der Waals surface area contributed by atoms with Crippen molar-refractivity contribution in [2.75, 3.05) is 5.88 Å². The predicted molar refractivity (Wildman–Crippen MR) is 64.2 cm³/mol. The van der Waals surface area contributed by atoms with Crippen molar-refractivity contribution in [2.45, 2.75) is 39.3 Å². The molecular weight excluding hydrogens is 210 g/mol. The average Bonchev–Trinajstić information content (AvgIpc) is 2.52. The van der Waals surface area contributed by atoms with Crippen LogP contribution in [0.1, 0.15) is 31.2 Å². The Bertz CT molecular complexity index is 296. The monoisotopic (exact) mass is 229 g/mol. The number of aryl methyl sites for hydroxylation is 2. The number of halogens is 1. The highest BCUT2D eigenvalue weighted by Crippen LogP contribution is 2.04. The van der Waals surface area contributed by atoms with Crippen LogP contribution in [0, 0.1) is 6.92 Å². The van der Waals surface area contributed by atoms with Gasteiger partial charge in [0.1, 0.15) is 0 Å². The molecule has 0 aliphatic heterocycles. The Morgan fingerprint density at radius 2 is 2.33 bits per heavy atom. The third kappa shape index (κ3) is 3.84. The smallest absolute Gasteiger partial charge is 0.0597 e. The summed E-state index contributed by atoms with van der Waals surface area (Å²) >= 11 is 5.73. The van der Waals surface area contributed by atoms with Crippen molar-refractivity contribution in [3.8, 4) is 0 Å². The molecule has 0 fully saturated rings. The van der Waals surface area contributed by atoms with Crippen molar-refractivity contribution >= 4 is 11.6 Å². The first-order valence-electron chi connectivity index (χ1n) is 5.46. The Hall–Kier alpha value is -0.540. The van der Waals surface area contributed by atoms with E-state index in [1.807, 2.05) is 18.7 Å². The number of alkyl halides is 1. The molecule has 1 aromatic heterocycles. The van der Waals surface area contributed by atoms with Crippen LogP contribution < -0.4 is 5.32 Å². The van der Waals surface area contributed by atoms with E-state index < -0.39 is 0 Å². The van der Waals surface area contributed by atoms with Crippen LogP contribution >= 0.6 is 11.6 Å². The van der Waals surface area contributed by atoms with Gasteiger partial charge < -0.3 is 5.32 Å². The Kier molecular flexibility index (Phi) is 5.12. The summed E-state index contributed by atoms with van der Waals surface area (Å²) in [7, 11) is 1.98. The van der Waals surface area contributed by atoms with Gasteiger partial charge in [-0.2, -0.15) is 5.10 Å². The van der Waals surface area contributed by atoms with E-state index in [2.05, 4.69) is 23.4 Å². The lowest BCUT2D eigenvalue weighted by Gasteiger charge is -2.15. The van der Waals surface area contributed by atoms with Gasteiger partial charge >= 0.3 is 0 Å². The van der Waals surface area contributed by atoms with E-state index in [4.69, 9.17) is 11.6 Å². The topological polar surface area (TPSA) is 29.9 Å². The molecule has 1 rings (SSSR count). The molecular formula is C11H20ClN3. The molecule has 0 saturated carbocycles. The van der Waals surface area contributed by atoms with Gasteiger partial charge in [0.2, 0.25) is 0 Å². The molecule has 0 bridgehead atoms. The van der Waals surface area contributed by atoms with Crippen molar-refractivity contribution in [1.29, 1.82) is 0 Å². The molecule has 86 valence electrons. The number of hydrogen-bond acceptors (Lipinski definition) is 2. The lowest BCUT2D eigenvalue weighted by atomic mass is 10.1. The standard InChI is InChI=1S/C11H20ClN3/c1-4-10(5-6-12)13-8-11-7-9(2)14-15(11)3/h7,10,13H,4-6,8H2,1-3H3. The first kappa shape index (κ1) is 12.5. The maximum atomic E-state index is 5.73. The van der Waals surface area contributed by atoms with Gasteiger partial charge in [-0.05, 0) is 25.8 Å². The molecule has 0 radical (unpaired) electrons. The van der Waals surface area contributed by atoms with Gasteiger partial charge in [0.15, 0.2) is 0 Å². The fourth-order valence-electron chi connectivity index (χ4n) is 1.66. The molecule has 0 amide bonds. The molecule has 4 heteroatoms. The summed E-state index contributed by atoms with van der Waals surface area (Å²) in [4.78, 5) is 0. The summed E-state index contributed by atoms with van der Waals surface area (Å²) < 4.78 is 1.93. The molecule has 1 heterocycles. The van der Waals surface area contributed by atoms with Crippen molar-refractivity contribution < 1.29 is 0 Å². The maximum absolute atomic E-state index is 5.73. The van der Waals surface area contributed by atoms with Gasteiger partial charge in [-0.3, -0.25) is 4.68 Å². The quantitative estimate of drug-likeness (QED) is 0.759. The molecule has 0 spiro atoms. The molecule has 1 atom stereocenters. The Morgan fingerprint density at radius 3 is 2.80 bits per heavy atom. The Balaban J connectivity index is 2.44. The van der Waals surface area contributed by atoms with Crippen molar-refractivity contribution in [1.82, 2.24) is 15.1 Å². The average molecular weight is 230 g/mol. The summed E-state index contributed by atoms with van der Waals surface area (Å²) in [5.41, 5.74) is 2.29. The summed E-state index contributed by atoms with van der Waals surface area (Å²) in [6, 6.07) is 2.62. The molecule has 0 aliphatic rings. The van der Waals surface area contributed by atoms with E-state index in [0.717, 1.165) is 31.0 Å². The predicted octanol–water partition coefficient (Wildman–Crippen LogP) is 2.23. The fourth-order valence-corrected chi connectivity index (χ4v) is 1.92. The Labute approximate surface area is 96.8 Å². The van der Waals surface area contributed by atoms with E-state index >= 15 is 0 Å². The van der Waals surface area contributed by atoms with E-state index in [0.29, 0.717) is 6.04 Å². The van der Waals surface area contributed by atoms with Crippen LogP contribution in [0.4, 0.5) is 0 Å². The van der Waals surface area contributed by atoms with Crippen molar-refractivity contribution in [3.63, 3.8) is 0 Å². The van der Waals surface area contributed by atoms with Gasteiger partial charge in [-0.1, -0.05) is 6.92 Å². The largest absolute Gasteiger partial charge is 0.308 e. The molecule has 1 aromatic rings. The third-order valence-corrected chi connectivity index (χ3v) is 2.84. The van der Waals surface area contributed by atoms with Crippen LogP contribution in [-0.2, 0) is 13.6 Å².